The lowest BCUT2D eigenvalue weighted by Crippen LogP contribution is -2.25. The fourth-order valence-corrected chi connectivity index (χ4v) is 2.65. The van der Waals surface area contributed by atoms with E-state index >= 15 is 0 Å². The van der Waals surface area contributed by atoms with E-state index in [2.05, 4.69) is 5.32 Å². The van der Waals surface area contributed by atoms with Crippen LogP contribution in [0.15, 0.2) is 17.0 Å². The first-order valence-electron chi connectivity index (χ1n) is 5.84. The van der Waals surface area contributed by atoms with E-state index in [0.717, 1.165) is 6.42 Å². The molecule has 1 aromatic carbocycles. The van der Waals surface area contributed by atoms with Crippen LogP contribution < -0.4 is 14.8 Å². The Bertz CT molecular complexity index is 600. The number of hydrogen-bond acceptors (Lipinski definition) is 5. The second-order valence-corrected chi connectivity index (χ2v) is 6.40. The molecule has 112 valence electrons. The van der Waals surface area contributed by atoms with Crippen LogP contribution in [0.1, 0.15) is 23.7 Å². The van der Waals surface area contributed by atoms with E-state index in [0.29, 0.717) is 6.54 Å². The Morgan fingerprint density at radius 2 is 1.95 bits per heavy atom. The number of methoxy groups -OCH3 is 2. The second-order valence-electron chi connectivity index (χ2n) is 3.87. The Labute approximate surface area is 122 Å². The molecule has 0 unspecified atom stereocenters. The summed E-state index contributed by atoms with van der Waals surface area (Å²) in [5.41, 5.74) is 0.00479. The summed E-state index contributed by atoms with van der Waals surface area (Å²) in [4.78, 5) is 11.9. The van der Waals surface area contributed by atoms with E-state index in [1.807, 2.05) is 6.92 Å². The Balaban J connectivity index is 3.48. The molecular formula is C12H16ClNO5S. The highest BCUT2D eigenvalue weighted by atomic mass is 35.7. The van der Waals surface area contributed by atoms with Crippen LogP contribution in [0.4, 0.5) is 0 Å². The maximum Gasteiger partial charge on any atom is 0.265 e. The maximum atomic E-state index is 12.1. The first kappa shape index (κ1) is 16.6. The van der Waals surface area contributed by atoms with E-state index in [1.165, 1.54) is 26.4 Å². The maximum absolute atomic E-state index is 12.1. The van der Waals surface area contributed by atoms with Gasteiger partial charge in [0.1, 0.15) is 16.2 Å². The number of benzene rings is 1. The third-order valence-corrected chi connectivity index (χ3v) is 3.88. The van der Waals surface area contributed by atoms with Crippen molar-refractivity contribution in [2.24, 2.45) is 0 Å². The van der Waals surface area contributed by atoms with Crippen LogP contribution in [0.3, 0.4) is 0 Å². The lowest BCUT2D eigenvalue weighted by molar-refractivity contribution is 0.0947. The normalized spacial score (nSPS) is 11.0. The van der Waals surface area contributed by atoms with Crippen LogP contribution in [0.25, 0.3) is 0 Å². The molecule has 0 aromatic heterocycles. The van der Waals surface area contributed by atoms with Crippen molar-refractivity contribution < 1.29 is 22.7 Å². The van der Waals surface area contributed by atoms with Crippen molar-refractivity contribution in [3.05, 3.63) is 17.7 Å². The minimum atomic E-state index is -4.04. The third-order valence-electron chi connectivity index (χ3n) is 2.53. The Morgan fingerprint density at radius 3 is 2.40 bits per heavy atom. The SMILES string of the molecule is CCCNC(=O)c1c(OC)ccc(S(=O)(=O)Cl)c1OC. The summed E-state index contributed by atoms with van der Waals surface area (Å²) < 4.78 is 33.1. The van der Waals surface area contributed by atoms with Crippen molar-refractivity contribution in [1.82, 2.24) is 5.32 Å². The molecule has 1 rings (SSSR count). The van der Waals surface area contributed by atoms with E-state index < -0.39 is 15.0 Å². The molecule has 20 heavy (non-hydrogen) atoms. The van der Waals surface area contributed by atoms with Gasteiger partial charge in [-0.05, 0) is 18.6 Å². The summed E-state index contributed by atoms with van der Waals surface area (Å²) in [7, 11) is 3.94. The van der Waals surface area contributed by atoms with Crippen molar-refractivity contribution in [1.29, 1.82) is 0 Å². The summed E-state index contributed by atoms with van der Waals surface area (Å²) in [6.45, 7) is 2.34. The average Bonchev–Trinajstić information content (AvgIpc) is 2.41. The van der Waals surface area contributed by atoms with E-state index in [9.17, 15) is 13.2 Å². The van der Waals surface area contributed by atoms with Gasteiger partial charge < -0.3 is 14.8 Å². The van der Waals surface area contributed by atoms with Crippen molar-refractivity contribution in [3.63, 3.8) is 0 Å². The smallest absolute Gasteiger partial charge is 0.265 e. The zero-order valence-corrected chi connectivity index (χ0v) is 13.0. The lowest BCUT2D eigenvalue weighted by Gasteiger charge is -2.15. The number of carbonyl (C=O) groups is 1. The van der Waals surface area contributed by atoms with Crippen molar-refractivity contribution >= 4 is 25.6 Å². The molecule has 0 heterocycles. The average molecular weight is 322 g/mol. The first-order chi connectivity index (χ1) is 9.36. The predicted octanol–water partition coefficient (Wildman–Crippen LogP) is 1.77. The zero-order valence-electron chi connectivity index (χ0n) is 11.4. The predicted molar refractivity (Wildman–Crippen MR) is 75.2 cm³/mol. The van der Waals surface area contributed by atoms with Crippen LogP contribution >= 0.6 is 10.7 Å². The monoisotopic (exact) mass is 321 g/mol. The Hall–Kier alpha value is -1.47. The van der Waals surface area contributed by atoms with Crippen LogP contribution in [-0.4, -0.2) is 35.1 Å². The molecule has 1 aromatic rings. The molecule has 6 nitrogen and oxygen atoms in total. The number of halogens is 1. The largest absolute Gasteiger partial charge is 0.496 e. The van der Waals surface area contributed by atoms with Gasteiger partial charge in [-0.15, -0.1) is 0 Å². The van der Waals surface area contributed by atoms with Gasteiger partial charge in [0.15, 0.2) is 5.75 Å². The molecule has 0 spiro atoms. The van der Waals surface area contributed by atoms with Gasteiger partial charge in [-0.25, -0.2) is 8.42 Å². The second kappa shape index (κ2) is 6.81. The third kappa shape index (κ3) is 3.55. The number of rotatable bonds is 6. The fourth-order valence-electron chi connectivity index (χ4n) is 1.65. The van der Waals surface area contributed by atoms with Gasteiger partial charge in [0.2, 0.25) is 0 Å². The minimum Gasteiger partial charge on any atom is -0.496 e. The molecule has 0 aliphatic rings. The summed E-state index contributed by atoms with van der Waals surface area (Å²) in [6, 6.07) is 2.59. The summed E-state index contributed by atoms with van der Waals surface area (Å²) in [5, 5.41) is 2.64. The highest BCUT2D eigenvalue weighted by Gasteiger charge is 2.26. The fraction of sp³-hybridized carbons (Fsp3) is 0.417. The quantitative estimate of drug-likeness (QED) is 0.807. The summed E-state index contributed by atoms with van der Waals surface area (Å²) in [6.07, 6.45) is 0.740. The molecular weight excluding hydrogens is 306 g/mol. The molecule has 0 saturated heterocycles. The minimum absolute atomic E-state index is 0.00479. The molecule has 1 amide bonds. The molecule has 0 saturated carbocycles. The van der Waals surface area contributed by atoms with Gasteiger partial charge in [0.25, 0.3) is 15.0 Å². The first-order valence-corrected chi connectivity index (χ1v) is 8.15. The molecule has 0 aliphatic carbocycles. The van der Waals surface area contributed by atoms with Gasteiger partial charge >= 0.3 is 0 Å². The molecule has 8 heteroatoms. The number of amides is 1. The Kier molecular flexibility index (Phi) is 5.64. The van der Waals surface area contributed by atoms with Crippen LogP contribution in [0.2, 0.25) is 0 Å². The van der Waals surface area contributed by atoms with Crippen LogP contribution in [-0.2, 0) is 9.05 Å². The number of ether oxygens (including phenoxy) is 2. The summed E-state index contributed by atoms with van der Waals surface area (Å²) >= 11 is 0. The van der Waals surface area contributed by atoms with Gasteiger partial charge in [-0.1, -0.05) is 6.92 Å². The van der Waals surface area contributed by atoms with Crippen molar-refractivity contribution in [2.45, 2.75) is 18.2 Å². The van der Waals surface area contributed by atoms with Crippen LogP contribution in [0.5, 0.6) is 11.5 Å². The summed E-state index contributed by atoms with van der Waals surface area (Å²) in [5.74, 6) is -0.407. The number of carbonyl (C=O) groups excluding carboxylic acids is 1. The lowest BCUT2D eigenvalue weighted by atomic mass is 10.1. The van der Waals surface area contributed by atoms with Gasteiger partial charge in [-0.3, -0.25) is 4.79 Å². The molecule has 0 bridgehead atoms. The van der Waals surface area contributed by atoms with Gasteiger partial charge in [-0.2, -0.15) is 0 Å². The molecule has 1 N–H and O–H groups in total. The van der Waals surface area contributed by atoms with E-state index in [4.69, 9.17) is 20.2 Å². The van der Waals surface area contributed by atoms with Crippen LogP contribution in [0, 0.1) is 0 Å². The Morgan fingerprint density at radius 1 is 1.30 bits per heavy atom. The number of nitrogens with one attached hydrogen (secondary N) is 1. The zero-order chi connectivity index (χ0) is 15.3. The highest BCUT2D eigenvalue weighted by Crippen LogP contribution is 2.36. The van der Waals surface area contributed by atoms with Crippen molar-refractivity contribution in [2.75, 3.05) is 20.8 Å². The van der Waals surface area contributed by atoms with E-state index in [1.54, 1.807) is 0 Å². The van der Waals surface area contributed by atoms with Crippen molar-refractivity contribution in [3.8, 4) is 11.5 Å². The topological polar surface area (TPSA) is 81.7 Å². The van der Waals surface area contributed by atoms with Gasteiger partial charge in [0, 0.05) is 17.2 Å². The molecule has 0 aliphatic heterocycles. The number of hydrogen-bond donors (Lipinski definition) is 1. The molecule has 0 fully saturated rings. The highest BCUT2D eigenvalue weighted by molar-refractivity contribution is 8.13. The standard InChI is InChI=1S/C12H16ClNO5S/c1-4-7-14-12(15)10-8(18-2)5-6-9(11(10)19-3)20(13,16)17/h5-6H,4,7H2,1-3H3,(H,14,15). The molecule has 0 atom stereocenters. The molecule has 0 radical (unpaired) electrons. The van der Waals surface area contributed by atoms with E-state index in [-0.39, 0.29) is 22.0 Å². The van der Waals surface area contributed by atoms with Gasteiger partial charge in [0.05, 0.1) is 14.2 Å².